The zero-order valence-electron chi connectivity index (χ0n) is 6.54. The van der Waals surface area contributed by atoms with Crippen LogP contribution in [0.5, 0.6) is 0 Å². The van der Waals surface area contributed by atoms with Gasteiger partial charge in [-0.15, -0.1) is 0 Å². The van der Waals surface area contributed by atoms with Gasteiger partial charge in [-0.1, -0.05) is 0 Å². The van der Waals surface area contributed by atoms with Gasteiger partial charge in [0.2, 0.25) is 5.91 Å². The first-order valence-electron chi connectivity index (χ1n) is 3.61. The molecule has 1 aromatic heterocycles. The molecule has 0 bridgehead atoms. The number of amides is 1. The number of H-pyrrole nitrogens is 1. The molecule has 0 spiro atoms. The normalized spacial score (nSPS) is 10.5. The highest BCUT2D eigenvalue weighted by molar-refractivity contribution is 14.1. The Morgan fingerprint density at radius 2 is 2.31 bits per heavy atom. The van der Waals surface area contributed by atoms with E-state index in [4.69, 9.17) is 5.73 Å². The van der Waals surface area contributed by atoms with E-state index in [0.717, 1.165) is 14.6 Å². The summed E-state index contributed by atoms with van der Waals surface area (Å²) < 4.78 is 0.795. The fraction of sp³-hybridized carbons (Fsp3) is 0. The number of imidazole rings is 1. The number of nitrogens with one attached hydrogen (secondary N) is 1. The Hall–Kier alpha value is -1.11. The Balaban J connectivity index is 2.80. The van der Waals surface area contributed by atoms with Crippen LogP contribution in [0.25, 0.3) is 11.0 Å². The van der Waals surface area contributed by atoms with Crippen LogP contribution in [0.2, 0.25) is 0 Å². The SMILES string of the molecule is NC(=O)c1ccc2[nH]cnc2c1I. The molecule has 13 heavy (non-hydrogen) atoms. The molecule has 3 N–H and O–H groups in total. The number of benzene rings is 1. The Morgan fingerprint density at radius 3 is 3.00 bits per heavy atom. The van der Waals surface area contributed by atoms with E-state index in [1.54, 1.807) is 18.5 Å². The number of fused-ring (bicyclic) bond motifs is 1. The molecule has 0 atom stereocenters. The van der Waals surface area contributed by atoms with Gasteiger partial charge in [0, 0.05) is 0 Å². The van der Waals surface area contributed by atoms with Crippen molar-refractivity contribution in [3.05, 3.63) is 27.6 Å². The minimum Gasteiger partial charge on any atom is -0.366 e. The summed E-state index contributed by atoms with van der Waals surface area (Å²) in [5, 5.41) is 0. The van der Waals surface area contributed by atoms with E-state index in [0.29, 0.717) is 5.56 Å². The second-order valence-corrected chi connectivity index (χ2v) is 3.67. The lowest BCUT2D eigenvalue weighted by atomic mass is 10.2. The highest BCUT2D eigenvalue weighted by atomic mass is 127. The van der Waals surface area contributed by atoms with Crippen molar-refractivity contribution in [2.75, 3.05) is 0 Å². The highest BCUT2D eigenvalue weighted by Gasteiger charge is 2.10. The molecule has 1 aromatic carbocycles. The standard InChI is InChI=1S/C8H6IN3O/c9-6-4(8(10)13)1-2-5-7(6)12-3-11-5/h1-3H,(H2,10,13)(H,11,12). The number of hydrogen-bond donors (Lipinski definition) is 2. The smallest absolute Gasteiger partial charge is 0.249 e. The molecule has 1 heterocycles. The van der Waals surface area contributed by atoms with Gasteiger partial charge in [-0.25, -0.2) is 4.98 Å². The minimum atomic E-state index is -0.422. The van der Waals surface area contributed by atoms with Gasteiger partial charge in [0.1, 0.15) is 5.52 Å². The van der Waals surface area contributed by atoms with Gasteiger partial charge in [0.15, 0.2) is 0 Å². The van der Waals surface area contributed by atoms with Crippen molar-refractivity contribution in [3.63, 3.8) is 0 Å². The number of primary amides is 1. The van der Waals surface area contributed by atoms with Crippen LogP contribution in [0.4, 0.5) is 0 Å². The topological polar surface area (TPSA) is 71.8 Å². The Kier molecular flexibility index (Phi) is 1.95. The number of carbonyl (C=O) groups excluding carboxylic acids is 1. The predicted molar refractivity (Wildman–Crippen MR) is 57.3 cm³/mol. The lowest BCUT2D eigenvalue weighted by Gasteiger charge is -1.99. The summed E-state index contributed by atoms with van der Waals surface area (Å²) in [5.41, 5.74) is 7.41. The van der Waals surface area contributed by atoms with Crippen molar-refractivity contribution in [2.24, 2.45) is 5.73 Å². The summed E-state index contributed by atoms with van der Waals surface area (Å²) in [6.07, 6.45) is 1.59. The van der Waals surface area contributed by atoms with E-state index < -0.39 is 5.91 Å². The molecule has 0 unspecified atom stereocenters. The molecule has 5 heteroatoms. The van der Waals surface area contributed by atoms with Crippen LogP contribution in [0.1, 0.15) is 10.4 Å². The zero-order chi connectivity index (χ0) is 9.42. The lowest BCUT2D eigenvalue weighted by molar-refractivity contribution is 0.0999. The number of nitrogens with two attached hydrogens (primary N) is 1. The van der Waals surface area contributed by atoms with Crippen LogP contribution in [-0.2, 0) is 0 Å². The van der Waals surface area contributed by atoms with Crippen LogP contribution >= 0.6 is 22.6 Å². The molecule has 1 amide bonds. The maximum absolute atomic E-state index is 11.0. The summed E-state index contributed by atoms with van der Waals surface area (Å²) in [4.78, 5) is 18.0. The molecule has 0 radical (unpaired) electrons. The number of aromatic nitrogens is 2. The lowest BCUT2D eigenvalue weighted by Crippen LogP contribution is -2.12. The maximum Gasteiger partial charge on any atom is 0.249 e. The summed E-state index contributed by atoms with van der Waals surface area (Å²) in [5.74, 6) is -0.422. The molecule has 66 valence electrons. The van der Waals surface area contributed by atoms with Crippen molar-refractivity contribution in [1.82, 2.24) is 9.97 Å². The van der Waals surface area contributed by atoms with E-state index in [9.17, 15) is 4.79 Å². The molecule has 0 aliphatic heterocycles. The zero-order valence-corrected chi connectivity index (χ0v) is 8.70. The van der Waals surface area contributed by atoms with E-state index in [1.807, 2.05) is 0 Å². The third-order valence-electron chi connectivity index (χ3n) is 1.80. The first-order chi connectivity index (χ1) is 6.20. The Bertz CT molecular complexity index is 477. The van der Waals surface area contributed by atoms with Crippen LogP contribution in [0, 0.1) is 3.57 Å². The van der Waals surface area contributed by atoms with Gasteiger partial charge < -0.3 is 10.7 Å². The molecule has 2 aromatic rings. The highest BCUT2D eigenvalue weighted by Crippen LogP contribution is 2.20. The summed E-state index contributed by atoms with van der Waals surface area (Å²) >= 11 is 2.07. The summed E-state index contributed by atoms with van der Waals surface area (Å²) in [6.45, 7) is 0. The fourth-order valence-corrected chi connectivity index (χ4v) is 2.04. The van der Waals surface area contributed by atoms with Gasteiger partial charge in [0.05, 0.1) is 21.0 Å². The van der Waals surface area contributed by atoms with Crippen LogP contribution in [0.15, 0.2) is 18.5 Å². The van der Waals surface area contributed by atoms with Gasteiger partial charge in [-0.2, -0.15) is 0 Å². The van der Waals surface area contributed by atoms with Crippen molar-refractivity contribution >= 4 is 39.5 Å². The van der Waals surface area contributed by atoms with Crippen molar-refractivity contribution in [2.45, 2.75) is 0 Å². The van der Waals surface area contributed by atoms with Crippen molar-refractivity contribution in [3.8, 4) is 0 Å². The van der Waals surface area contributed by atoms with Crippen LogP contribution in [0.3, 0.4) is 0 Å². The van der Waals surface area contributed by atoms with Crippen molar-refractivity contribution in [1.29, 1.82) is 0 Å². The minimum absolute atomic E-state index is 0.422. The number of rotatable bonds is 1. The number of nitrogens with zero attached hydrogens (tertiary/aromatic N) is 1. The van der Waals surface area contributed by atoms with Crippen molar-refractivity contribution < 1.29 is 4.79 Å². The first kappa shape index (κ1) is 8.49. The molecule has 0 aliphatic rings. The van der Waals surface area contributed by atoms with Gasteiger partial charge in [-0.3, -0.25) is 4.79 Å². The molecular weight excluding hydrogens is 281 g/mol. The van der Waals surface area contributed by atoms with E-state index in [2.05, 4.69) is 32.6 Å². The summed E-state index contributed by atoms with van der Waals surface area (Å²) in [6, 6.07) is 3.50. The second kappa shape index (κ2) is 2.99. The fourth-order valence-electron chi connectivity index (χ4n) is 1.16. The van der Waals surface area contributed by atoms with E-state index in [1.165, 1.54) is 0 Å². The molecule has 0 saturated heterocycles. The Labute approximate surface area is 87.7 Å². The number of carbonyl (C=O) groups is 1. The molecule has 0 aliphatic carbocycles. The molecular formula is C8H6IN3O. The number of hydrogen-bond acceptors (Lipinski definition) is 2. The summed E-state index contributed by atoms with van der Waals surface area (Å²) in [7, 11) is 0. The van der Waals surface area contributed by atoms with Crippen LogP contribution < -0.4 is 5.73 Å². The average molecular weight is 287 g/mol. The Morgan fingerprint density at radius 1 is 1.54 bits per heavy atom. The van der Waals surface area contributed by atoms with Gasteiger partial charge >= 0.3 is 0 Å². The predicted octanol–water partition coefficient (Wildman–Crippen LogP) is 1.27. The third kappa shape index (κ3) is 1.28. The van der Waals surface area contributed by atoms with Crippen LogP contribution in [-0.4, -0.2) is 15.9 Å². The first-order valence-corrected chi connectivity index (χ1v) is 4.69. The number of halogens is 1. The molecule has 2 rings (SSSR count). The number of aromatic amines is 1. The molecule has 0 fully saturated rings. The maximum atomic E-state index is 11.0. The largest absolute Gasteiger partial charge is 0.366 e. The van der Waals surface area contributed by atoms with E-state index in [-0.39, 0.29) is 0 Å². The molecule has 0 saturated carbocycles. The van der Waals surface area contributed by atoms with Gasteiger partial charge in [0.25, 0.3) is 0 Å². The van der Waals surface area contributed by atoms with Gasteiger partial charge in [-0.05, 0) is 34.7 Å². The third-order valence-corrected chi connectivity index (χ3v) is 2.89. The second-order valence-electron chi connectivity index (χ2n) is 2.59. The average Bonchev–Trinajstić information content (AvgIpc) is 2.52. The quantitative estimate of drug-likeness (QED) is 0.775. The molecule has 4 nitrogen and oxygen atoms in total. The van der Waals surface area contributed by atoms with E-state index >= 15 is 0 Å². The monoisotopic (exact) mass is 287 g/mol.